The second-order valence-electron chi connectivity index (χ2n) is 8.57. The van der Waals surface area contributed by atoms with Crippen LogP contribution in [0.25, 0.3) is 11.1 Å². The Labute approximate surface area is 204 Å². The van der Waals surface area contributed by atoms with E-state index in [1.165, 1.54) is 20.1 Å². The number of ether oxygens (including phenoxy) is 2. The summed E-state index contributed by atoms with van der Waals surface area (Å²) in [5, 5.41) is 23.7. The van der Waals surface area contributed by atoms with Gasteiger partial charge in [-0.3, -0.25) is 4.79 Å². The predicted octanol–water partition coefficient (Wildman–Crippen LogP) is 4.22. The van der Waals surface area contributed by atoms with E-state index in [-0.39, 0.29) is 31.3 Å². The Morgan fingerprint density at radius 3 is 2.20 bits per heavy atom. The van der Waals surface area contributed by atoms with Gasteiger partial charge in [0.25, 0.3) is 0 Å². The number of alkyl carbamates (subject to hydrolysis) is 1. The van der Waals surface area contributed by atoms with E-state index >= 15 is 0 Å². The van der Waals surface area contributed by atoms with Gasteiger partial charge in [0.15, 0.2) is 5.78 Å². The molecule has 1 aliphatic carbocycles. The highest BCUT2D eigenvalue weighted by molar-refractivity contribution is 5.94. The third-order valence-corrected chi connectivity index (χ3v) is 6.37. The molecular weight excluding hydrogens is 446 g/mol. The lowest BCUT2D eigenvalue weighted by molar-refractivity contribution is 0.0123. The molecule has 3 N–H and O–H groups in total. The van der Waals surface area contributed by atoms with Crippen molar-refractivity contribution in [3.63, 3.8) is 0 Å². The van der Waals surface area contributed by atoms with Crippen LogP contribution in [0, 0.1) is 0 Å². The Bertz CT molecular complexity index is 1180. The fourth-order valence-electron chi connectivity index (χ4n) is 4.52. The predicted molar refractivity (Wildman–Crippen MR) is 132 cm³/mol. The number of hydrogen-bond acceptors (Lipinski definition) is 6. The van der Waals surface area contributed by atoms with Crippen molar-refractivity contribution >= 4 is 11.9 Å². The Morgan fingerprint density at radius 2 is 1.60 bits per heavy atom. The molecular formula is C28H29NO6. The zero-order valence-electron chi connectivity index (χ0n) is 19.7. The summed E-state index contributed by atoms with van der Waals surface area (Å²) in [5.74, 6) is 0.167. The maximum absolute atomic E-state index is 12.3. The fraction of sp³-hybridized carbons (Fsp3) is 0.286. The van der Waals surface area contributed by atoms with Gasteiger partial charge in [0, 0.05) is 23.6 Å². The van der Waals surface area contributed by atoms with Crippen LogP contribution in [0.3, 0.4) is 0 Å². The lowest BCUT2D eigenvalue weighted by Crippen LogP contribution is -2.30. The Morgan fingerprint density at radius 1 is 0.971 bits per heavy atom. The first-order chi connectivity index (χ1) is 16.9. The van der Waals surface area contributed by atoms with Gasteiger partial charge in [-0.25, -0.2) is 4.79 Å². The van der Waals surface area contributed by atoms with E-state index in [0.717, 1.165) is 22.3 Å². The summed E-state index contributed by atoms with van der Waals surface area (Å²) in [4.78, 5) is 24.0. The van der Waals surface area contributed by atoms with Crippen molar-refractivity contribution in [2.45, 2.75) is 31.5 Å². The van der Waals surface area contributed by atoms with Crippen molar-refractivity contribution in [2.75, 3.05) is 20.3 Å². The summed E-state index contributed by atoms with van der Waals surface area (Å²) in [5.41, 5.74) is 5.28. The number of fused-ring (bicyclic) bond motifs is 3. The molecule has 0 aromatic heterocycles. The van der Waals surface area contributed by atoms with Crippen LogP contribution < -0.4 is 10.1 Å². The lowest BCUT2D eigenvalue weighted by Gasteiger charge is -2.21. The van der Waals surface area contributed by atoms with Crippen LogP contribution in [0.1, 0.15) is 52.4 Å². The van der Waals surface area contributed by atoms with E-state index in [9.17, 15) is 19.8 Å². The van der Waals surface area contributed by atoms with E-state index < -0.39 is 18.3 Å². The maximum atomic E-state index is 12.3. The van der Waals surface area contributed by atoms with Gasteiger partial charge >= 0.3 is 6.09 Å². The number of methoxy groups -OCH3 is 1. The molecule has 3 aromatic carbocycles. The van der Waals surface area contributed by atoms with Crippen molar-refractivity contribution in [1.82, 2.24) is 5.32 Å². The van der Waals surface area contributed by atoms with Crippen LogP contribution in [-0.4, -0.2) is 48.5 Å². The number of carbonyl (C=O) groups excluding carboxylic acids is 2. The van der Waals surface area contributed by atoms with Crippen molar-refractivity contribution in [3.8, 4) is 16.9 Å². The normalized spacial score (nSPS) is 13.9. The largest absolute Gasteiger partial charge is 0.496 e. The number of hydrogen-bond donors (Lipinski definition) is 3. The molecule has 3 aromatic rings. The minimum atomic E-state index is -1.28. The summed E-state index contributed by atoms with van der Waals surface area (Å²) in [6, 6.07) is 20.9. The van der Waals surface area contributed by atoms with Gasteiger partial charge in [-0.2, -0.15) is 0 Å². The maximum Gasteiger partial charge on any atom is 0.407 e. The standard InChI is InChI=1S/C28H29NO6/c1-17(30)18-11-12-26(34-2)23(15-18)27(32)25(31)13-14-29-28(33)35-16-24-21-9-5-3-7-19(21)20-8-4-6-10-22(20)24/h3-12,15,24-25,27,31-32H,13-14,16H2,1-2H3,(H,29,33). The van der Waals surface area contributed by atoms with Crippen molar-refractivity contribution in [3.05, 3.63) is 89.0 Å². The highest BCUT2D eigenvalue weighted by Crippen LogP contribution is 2.44. The minimum Gasteiger partial charge on any atom is -0.496 e. The summed E-state index contributed by atoms with van der Waals surface area (Å²) < 4.78 is 10.7. The highest BCUT2D eigenvalue weighted by atomic mass is 16.5. The van der Waals surface area contributed by atoms with Crippen molar-refractivity contribution in [1.29, 1.82) is 0 Å². The number of carbonyl (C=O) groups is 2. The van der Waals surface area contributed by atoms with Gasteiger partial charge < -0.3 is 25.0 Å². The smallest absolute Gasteiger partial charge is 0.407 e. The Hall–Kier alpha value is -3.68. The number of aliphatic hydroxyl groups excluding tert-OH is 2. The lowest BCUT2D eigenvalue weighted by atomic mass is 9.98. The van der Waals surface area contributed by atoms with Crippen LogP contribution in [0.2, 0.25) is 0 Å². The molecule has 35 heavy (non-hydrogen) atoms. The van der Waals surface area contributed by atoms with E-state index in [2.05, 4.69) is 17.4 Å². The monoisotopic (exact) mass is 475 g/mol. The second kappa shape index (κ2) is 10.7. The molecule has 0 spiro atoms. The van der Waals surface area contributed by atoms with Gasteiger partial charge in [-0.1, -0.05) is 48.5 Å². The molecule has 0 fully saturated rings. The number of rotatable bonds is 9. The van der Waals surface area contributed by atoms with Crippen LogP contribution >= 0.6 is 0 Å². The molecule has 0 saturated heterocycles. The van der Waals surface area contributed by atoms with Gasteiger partial charge in [0.2, 0.25) is 0 Å². The number of ketones is 1. The number of benzene rings is 3. The second-order valence-corrected chi connectivity index (χ2v) is 8.57. The molecule has 4 rings (SSSR count). The van der Waals surface area contributed by atoms with Crippen molar-refractivity contribution in [2.24, 2.45) is 0 Å². The van der Waals surface area contributed by atoms with Crippen LogP contribution in [0.5, 0.6) is 5.75 Å². The average Bonchev–Trinajstić information content (AvgIpc) is 3.20. The first-order valence-corrected chi connectivity index (χ1v) is 11.5. The van der Waals surface area contributed by atoms with Gasteiger partial charge in [0.05, 0.1) is 13.2 Å². The van der Waals surface area contributed by atoms with Crippen LogP contribution in [0.4, 0.5) is 4.79 Å². The summed E-state index contributed by atoms with van der Waals surface area (Å²) in [7, 11) is 1.45. The number of nitrogens with one attached hydrogen (secondary N) is 1. The topological polar surface area (TPSA) is 105 Å². The van der Waals surface area contributed by atoms with Crippen molar-refractivity contribution < 1.29 is 29.3 Å². The van der Waals surface area contributed by atoms with E-state index in [1.54, 1.807) is 12.1 Å². The molecule has 0 aliphatic heterocycles. The van der Waals surface area contributed by atoms with Crippen LogP contribution in [-0.2, 0) is 4.74 Å². The number of aliphatic hydroxyl groups is 2. The summed E-state index contributed by atoms with van der Waals surface area (Å²) in [6.45, 7) is 1.72. The first-order valence-electron chi connectivity index (χ1n) is 11.5. The molecule has 0 saturated carbocycles. The number of Topliss-reactive ketones (excluding diaryl/α,β-unsaturated/α-hetero) is 1. The zero-order valence-corrected chi connectivity index (χ0v) is 19.7. The molecule has 182 valence electrons. The molecule has 1 amide bonds. The third kappa shape index (κ3) is 5.21. The molecule has 1 aliphatic rings. The SMILES string of the molecule is COc1ccc(C(C)=O)cc1C(O)C(O)CCNC(=O)OCC1c2ccccc2-c2ccccc21. The van der Waals surface area contributed by atoms with E-state index in [0.29, 0.717) is 16.9 Å². The van der Waals surface area contributed by atoms with Crippen LogP contribution in [0.15, 0.2) is 66.7 Å². The minimum absolute atomic E-state index is 0.0402. The fourth-order valence-corrected chi connectivity index (χ4v) is 4.52. The van der Waals surface area contributed by atoms with E-state index in [4.69, 9.17) is 9.47 Å². The average molecular weight is 476 g/mol. The highest BCUT2D eigenvalue weighted by Gasteiger charge is 2.29. The van der Waals surface area contributed by atoms with E-state index in [1.807, 2.05) is 36.4 Å². The summed E-state index contributed by atoms with van der Waals surface area (Å²) in [6.07, 6.45) is -2.98. The first kappa shape index (κ1) is 24.4. The molecule has 7 heteroatoms. The molecule has 2 atom stereocenters. The van der Waals surface area contributed by atoms with Gasteiger partial charge in [0.1, 0.15) is 18.5 Å². The molecule has 0 bridgehead atoms. The molecule has 2 unspecified atom stereocenters. The molecule has 0 radical (unpaired) electrons. The zero-order chi connectivity index (χ0) is 24.9. The Kier molecular flexibility index (Phi) is 7.48. The Balaban J connectivity index is 1.31. The van der Waals surface area contributed by atoms with Gasteiger partial charge in [-0.05, 0) is 53.8 Å². The molecule has 7 nitrogen and oxygen atoms in total. The summed E-state index contributed by atoms with van der Waals surface area (Å²) >= 11 is 0. The third-order valence-electron chi connectivity index (χ3n) is 6.37. The molecule has 0 heterocycles. The van der Waals surface area contributed by atoms with Gasteiger partial charge in [-0.15, -0.1) is 0 Å². The number of amides is 1. The quantitative estimate of drug-likeness (QED) is 0.400.